The Bertz CT molecular complexity index is 1120. The molecule has 0 saturated heterocycles. The highest BCUT2D eigenvalue weighted by Crippen LogP contribution is 2.40. The van der Waals surface area contributed by atoms with Crippen molar-refractivity contribution in [2.45, 2.75) is 38.6 Å². The van der Waals surface area contributed by atoms with Crippen molar-refractivity contribution >= 4 is 28.3 Å². The van der Waals surface area contributed by atoms with E-state index in [1.54, 1.807) is 16.9 Å². The first-order valence-corrected chi connectivity index (χ1v) is 9.41. The predicted molar refractivity (Wildman–Crippen MR) is 107 cm³/mol. The van der Waals surface area contributed by atoms with E-state index in [4.69, 9.17) is 9.72 Å². The number of carbonyl (C=O) groups is 1. The van der Waals surface area contributed by atoms with Crippen molar-refractivity contribution in [1.29, 1.82) is 0 Å². The van der Waals surface area contributed by atoms with Crippen LogP contribution in [0.1, 0.15) is 54.7 Å². The summed E-state index contributed by atoms with van der Waals surface area (Å²) in [5.41, 5.74) is 2.09. The summed E-state index contributed by atoms with van der Waals surface area (Å²) in [6, 6.07) is 5.97. The summed E-state index contributed by atoms with van der Waals surface area (Å²) in [4.78, 5) is 28.5. The number of amides is 1. The van der Waals surface area contributed by atoms with Crippen LogP contribution >= 0.6 is 0 Å². The fourth-order valence-electron chi connectivity index (χ4n) is 3.29. The quantitative estimate of drug-likeness (QED) is 0.497. The number of methoxy groups -OCH3 is 1. The van der Waals surface area contributed by atoms with Crippen LogP contribution in [0.3, 0.4) is 0 Å². The molecule has 1 saturated carbocycles. The molecule has 1 fully saturated rings. The molecule has 150 valence electrons. The lowest BCUT2D eigenvalue weighted by molar-refractivity contribution is -0.384. The van der Waals surface area contributed by atoms with Gasteiger partial charge in [-0.3, -0.25) is 14.9 Å². The number of pyridine rings is 1. The van der Waals surface area contributed by atoms with E-state index in [9.17, 15) is 14.9 Å². The summed E-state index contributed by atoms with van der Waals surface area (Å²) < 4.78 is 7.04. The topological polar surface area (TPSA) is 112 Å². The second kappa shape index (κ2) is 7.16. The standard InChI is InChI=1S/C20H21N5O4/c1-11(2)24-19-15(10-21-24)14(9-16(22-19)12-4-5-12)20(26)23-17-8-13(25(27)28)6-7-18(17)29-3/h6-12H,4-5H2,1-3H3,(H,23,26). The lowest BCUT2D eigenvalue weighted by Crippen LogP contribution is -2.14. The van der Waals surface area contributed by atoms with Crippen LogP contribution in [0.2, 0.25) is 0 Å². The van der Waals surface area contributed by atoms with Crippen LogP contribution < -0.4 is 10.1 Å². The largest absolute Gasteiger partial charge is 0.495 e. The van der Waals surface area contributed by atoms with Gasteiger partial charge in [0, 0.05) is 29.8 Å². The van der Waals surface area contributed by atoms with Gasteiger partial charge in [-0.05, 0) is 38.8 Å². The van der Waals surface area contributed by atoms with E-state index < -0.39 is 4.92 Å². The third-order valence-electron chi connectivity index (χ3n) is 4.96. The van der Waals surface area contributed by atoms with Crippen molar-refractivity contribution in [2.24, 2.45) is 0 Å². The van der Waals surface area contributed by atoms with Gasteiger partial charge in [0.1, 0.15) is 5.75 Å². The Balaban J connectivity index is 1.78. The maximum Gasteiger partial charge on any atom is 0.271 e. The molecule has 9 nitrogen and oxygen atoms in total. The van der Waals surface area contributed by atoms with E-state index in [-0.39, 0.29) is 23.3 Å². The van der Waals surface area contributed by atoms with Gasteiger partial charge in [-0.25, -0.2) is 9.67 Å². The number of anilines is 1. The van der Waals surface area contributed by atoms with Crippen molar-refractivity contribution < 1.29 is 14.5 Å². The van der Waals surface area contributed by atoms with Crippen LogP contribution in [0.25, 0.3) is 11.0 Å². The highest BCUT2D eigenvalue weighted by atomic mass is 16.6. The van der Waals surface area contributed by atoms with Crippen LogP contribution in [0.15, 0.2) is 30.5 Å². The van der Waals surface area contributed by atoms with Gasteiger partial charge in [0.25, 0.3) is 11.6 Å². The Kier molecular flexibility index (Phi) is 4.65. The number of non-ortho nitro benzene ring substituents is 1. The highest BCUT2D eigenvalue weighted by molar-refractivity contribution is 6.12. The molecule has 1 aliphatic rings. The van der Waals surface area contributed by atoms with Crippen molar-refractivity contribution in [3.8, 4) is 5.75 Å². The summed E-state index contributed by atoms with van der Waals surface area (Å²) >= 11 is 0. The number of hydrogen-bond acceptors (Lipinski definition) is 6. The van der Waals surface area contributed by atoms with Crippen LogP contribution in [0.5, 0.6) is 5.75 Å². The second-order valence-electron chi connectivity index (χ2n) is 7.38. The number of nitro benzene ring substituents is 1. The minimum absolute atomic E-state index is 0.0993. The Labute approximate surface area is 166 Å². The number of fused-ring (bicyclic) bond motifs is 1. The van der Waals surface area contributed by atoms with E-state index in [0.29, 0.717) is 28.3 Å². The molecular formula is C20H21N5O4. The van der Waals surface area contributed by atoms with Crippen LogP contribution in [-0.4, -0.2) is 32.7 Å². The third-order valence-corrected chi connectivity index (χ3v) is 4.96. The van der Waals surface area contributed by atoms with Crippen LogP contribution in [-0.2, 0) is 0 Å². The molecule has 29 heavy (non-hydrogen) atoms. The van der Waals surface area contributed by atoms with Gasteiger partial charge in [-0.1, -0.05) is 0 Å². The van der Waals surface area contributed by atoms with Crippen LogP contribution in [0, 0.1) is 10.1 Å². The number of ether oxygens (including phenoxy) is 1. The van der Waals surface area contributed by atoms with E-state index in [0.717, 1.165) is 18.5 Å². The lowest BCUT2D eigenvalue weighted by atomic mass is 10.1. The zero-order valence-corrected chi connectivity index (χ0v) is 16.4. The molecule has 0 atom stereocenters. The molecule has 0 aliphatic heterocycles. The fourth-order valence-corrected chi connectivity index (χ4v) is 3.29. The first-order valence-electron chi connectivity index (χ1n) is 9.41. The molecule has 1 aliphatic carbocycles. The van der Waals surface area contributed by atoms with Gasteiger partial charge in [0.15, 0.2) is 5.65 Å². The fraction of sp³-hybridized carbons (Fsp3) is 0.350. The maximum atomic E-state index is 13.2. The highest BCUT2D eigenvalue weighted by Gasteiger charge is 2.28. The van der Waals surface area contributed by atoms with E-state index in [1.165, 1.54) is 25.3 Å². The third kappa shape index (κ3) is 3.51. The summed E-state index contributed by atoms with van der Waals surface area (Å²) in [6.07, 6.45) is 3.74. The first kappa shape index (κ1) is 18.9. The minimum atomic E-state index is -0.516. The van der Waals surface area contributed by atoms with E-state index in [1.807, 2.05) is 13.8 Å². The maximum absolute atomic E-state index is 13.2. The summed E-state index contributed by atoms with van der Waals surface area (Å²) in [5.74, 6) is 0.310. The number of aromatic nitrogens is 3. The molecule has 2 heterocycles. The first-order chi connectivity index (χ1) is 13.9. The molecule has 0 spiro atoms. The zero-order chi connectivity index (χ0) is 20.7. The Hall–Kier alpha value is -3.49. The summed E-state index contributed by atoms with van der Waals surface area (Å²) in [6.45, 7) is 4.01. The number of rotatable bonds is 6. The smallest absolute Gasteiger partial charge is 0.271 e. The number of nitrogens with one attached hydrogen (secondary N) is 1. The van der Waals surface area contributed by atoms with Gasteiger partial charge < -0.3 is 10.1 Å². The van der Waals surface area contributed by atoms with Crippen molar-refractivity contribution in [1.82, 2.24) is 14.8 Å². The molecule has 0 unspecified atom stereocenters. The number of benzene rings is 1. The normalized spacial score (nSPS) is 13.7. The molecule has 0 bridgehead atoms. The second-order valence-corrected chi connectivity index (χ2v) is 7.38. The molecule has 1 aromatic carbocycles. The molecule has 9 heteroatoms. The predicted octanol–water partition coefficient (Wildman–Crippen LogP) is 4.06. The number of nitro groups is 1. The molecular weight excluding hydrogens is 374 g/mol. The minimum Gasteiger partial charge on any atom is -0.495 e. The molecule has 4 rings (SSSR count). The van der Waals surface area contributed by atoms with Crippen molar-refractivity contribution in [3.63, 3.8) is 0 Å². The monoisotopic (exact) mass is 395 g/mol. The molecule has 1 N–H and O–H groups in total. The van der Waals surface area contributed by atoms with Crippen molar-refractivity contribution in [2.75, 3.05) is 12.4 Å². The van der Waals surface area contributed by atoms with E-state index >= 15 is 0 Å². The van der Waals surface area contributed by atoms with E-state index in [2.05, 4.69) is 10.4 Å². The average Bonchev–Trinajstić information content (AvgIpc) is 3.45. The van der Waals surface area contributed by atoms with Gasteiger partial charge >= 0.3 is 0 Å². The molecule has 2 aromatic heterocycles. The van der Waals surface area contributed by atoms with Gasteiger partial charge in [0.2, 0.25) is 0 Å². The zero-order valence-electron chi connectivity index (χ0n) is 16.4. The lowest BCUT2D eigenvalue weighted by Gasteiger charge is -2.12. The number of nitrogens with zero attached hydrogens (tertiary/aromatic N) is 4. The molecule has 0 radical (unpaired) electrons. The summed E-state index contributed by atoms with van der Waals surface area (Å²) in [7, 11) is 1.44. The Morgan fingerprint density at radius 1 is 1.34 bits per heavy atom. The molecule has 1 amide bonds. The number of carbonyl (C=O) groups excluding carboxylic acids is 1. The Morgan fingerprint density at radius 3 is 2.72 bits per heavy atom. The molecule has 3 aromatic rings. The van der Waals surface area contributed by atoms with Gasteiger partial charge in [0.05, 0.1) is 34.9 Å². The summed E-state index contributed by atoms with van der Waals surface area (Å²) in [5, 5.41) is 18.9. The SMILES string of the molecule is COc1ccc([N+](=O)[O-])cc1NC(=O)c1cc(C2CC2)nc2c1cnn2C(C)C. The average molecular weight is 395 g/mol. The van der Waals surface area contributed by atoms with Crippen LogP contribution in [0.4, 0.5) is 11.4 Å². The number of hydrogen-bond donors (Lipinski definition) is 1. The van der Waals surface area contributed by atoms with Crippen molar-refractivity contribution in [3.05, 3.63) is 51.8 Å². The van der Waals surface area contributed by atoms with Gasteiger partial charge in [-0.2, -0.15) is 5.10 Å². The Morgan fingerprint density at radius 2 is 2.10 bits per heavy atom. The van der Waals surface area contributed by atoms with Gasteiger partial charge in [-0.15, -0.1) is 0 Å².